The summed E-state index contributed by atoms with van der Waals surface area (Å²) in [6.07, 6.45) is 5.67. The van der Waals surface area contributed by atoms with Crippen molar-refractivity contribution in [3.05, 3.63) is 59.7 Å². The molecule has 1 saturated heterocycles. The predicted molar refractivity (Wildman–Crippen MR) is 119 cm³/mol. The highest BCUT2D eigenvalue weighted by atomic mass is 32.2. The highest BCUT2D eigenvalue weighted by Crippen LogP contribution is 2.29. The first-order chi connectivity index (χ1) is 14.1. The summed E-state index contributed by atoms with van der Waals surface area (Å²) >= 11 is 1.77. The number of nitrogens with two attached hydrogens (primary N) is 1. The highest BCUT2D eigenvalue weighted by molar-refractivity contribution is 7.98. The molecule has 0 aromatic heterocycles. The topological polar surface area (TPSA) is 75.4 Å². The molecule has 154 valence electrons. The van der Waals surface area contributed by atoms with Crippen molar-refractivity contribution >= 4 is 29.3 Å². The fraction of sp³-hybridized carbons (Fsp3) is 0.391. The number of carbonyl (C=O) groups is 2. The Morgan fingerprint density at radius 3 is 2.45 bits per heavy atom. The fourth-order valence-corrected chi connectivity index (χ4v) is 4.26. The molecule has 1 aliphatic heterocycles. The summed E-state index contributed by atoms with van der Waals surface area (Å²) in [5.41, 5.74) is 7.62. The number of benzene rings is 2. The number of carbonyl (C=O) groups excluding carboxylic acids is 2. The van der Waals surface area contributed by atoms with Crippen molar-refractivity contribution in [3.63, 3.8) is 0 Å². The predicted octanol–water partition coefficient (Wildman–Crippen LogP) is 4.11. The number of nitrogens with one attached hydrogen (secondary N) is 1. The SMILES string of the molecule is CSc1ccc(C2CCN(CCCC(=O)Nc3ccccc3C(N)=O)CC2)cc1. The van der Waals surface area contributed by atoms with Gasteiger partial charge in [-0.3, -0.25) is 9.59 Å². The van der Waals surface area contributed by atoms with Crippen LogP contribution in [0, 0.1) is 0 Å². The van der Waals surface area contributed by atoms with Gasteiger partial charge in [0.05, 0.1) is 11.3 Å². The first-order valence-corrected chi connectivity index (χ1v) is 11.3. The Balaban J connectivity index is 1.39. The molecule has 3 N–H and O–H groups in total. The van der Waals surface area contributed by atoms with Crippen LogP contribution in [0.1, 0.15) is 47.5 Å². The second kappa shape index (κ2) is 10.5. The molecule has 1 aliphatic rings. The molecule has 29 heavy (non-hydrogen) atoms. The van der Waals surface area contributed by atoms with Crippen molar-refractivity contribution in [2.24, 2.45) is 5.73 Å². The van der Waals surface area contributed by atoms with Gasteiger partial charge in [-0.05, 0) is 80.9 Å². The first kappa shape index (κ1) is 21.4. The molecule has 2 aromatic rings. The Morgan fingerprint density at radius 2 is 1.79 bits per heavy atom. The maximum Gasteiger partial charge on any atom is 0.250 e. The van der Waals surface area contributed by atoms with Gasteiger partial charge < -0.3 is 16.0 Å². The average molecular weight is 412 g/mol. The number of nitrogens with zero attached hydrogens (tertiary/aromatic N) is 1. The van der Waals surface area contributed by atoms with Crippen molar-refractivity contribution in [1.82, 2.24) is 4.90 Å². The lowest BCUT2D eigenvalue weighted by molar-refractivity contribution is -0.116. The summed E-state index contributed by atoms with van der Waals surface area (Å²) in [6.45, 7) is 3.06. The molecular formula is C23H29N3O2S. The van der Waals surface area contributed by atoms with Crippen LogP contribution in [0.25, 0.3) is 0 Å². The third-order valence-corrected chi connectivity index (χ3v) is 6.26. The van der Waals surface area contributed by atoms with E-state index in [1.54, 1.807) is 36.0 Å². The van der Waals surface area contributed by atoms with E-state index in [4.69, 9.17) is 5.73 Å². The molecule has 6 heteroatoms. The summed E-state index contributed by atoms with van der Waals surface area (Å²) in [6, 6.07) is 15.8. The number of primary amides is 1. The van der Waals surface area contributed by atoms with Crippen molar-refractivity contribution in [3.8, 4) is 0 Å². The minimum atomic E-state index is -0.535. The van der Waals surface area contributed by atoms with E-state index in [-0.39, 0.29) is 5.91 Å². The Morgan fingerprint density at radius 1 is 1.10 bits per heavy atom. The summed E-state index contributed by atoms with van der Waals surface area (Å²) in [4.78, 5) is 27.4. The largest absolute Gasteiger partial charge is 0.366 e. The van der Waals surface area contributed by atoms with Crippen molar-refractivity contribution in [1.29, 1.82) is 0 Å². The van der Waals surface area contributed by atoms with Gasteiger partial charge in [-0.2, -0.15) is 0 Å². The quantitative estimate of drug-likeness (QED) is 0.641. The van der Waals surface area contributed by atoms with Crippen molar-refractivity contribution in [2.45, 2.75) is 36.5 Å². The van der Waals surface area contributed by atoms with Crippen molar-refractivity contribution in [2.75, 3.05) is 31.2 Å². The van der Waals surface area contributed by atoms with Crippen LogP contribution in [-0.2, 0) is 4.79 Å². The molecule has 2 aromatic carbocycles. The number of likely N-dealkylation sites (tertiary alicyclic amines) is 1. The molecule has 0 atom stereocenters. The molecule has 1 fully saturated rings. The highest BCUT2D eigenvalue weighted by Gasteiger charge is 2.20. The molecule has 0 saturated carbocycles. The lowest BCUT2D eigenvalue weighted by Crippen LogP contribution is -2.34. The van der Waals surface area contributed by atoms with Gasteiger partial charge in [0.2, 0.25) is 5.91 Å². The van der Waals surface area contributed by atoms with Crippen LogP contribution in [0.2, 0.25) is 0 Å². The van der Waals surface area contributed by atoms with Crippen LogP contribution in [0.15, 0.2) is 53.4 Å². The minimum Gasteiger partial charge on any atom is -0.366 e. The summed E-state index contributed by atoms with van der Waals surface area (Å²) in [5, 5.41) is 2.81. The summed E-state index contributed by atoms with van der Waals surface area (Å²) in [5.74, 6) is 0.0186. The van der Waals surface area contributed by atoms with E-state index in [0.717, 1.165) is 38.9 Å². The minimum absolute atomic E-state index is 0.0810. The Labute approximate surface area is 177 Å². The standard InChI is InChI=1S/C23H29N3O2S/c1-29-19-10-8-17(9-11-19)18-12-15-26(16-13-18)14-4-7-22(27)25-21-6-3-2-5-20(21)23(24)28/h2-3,5-6,8-11,18H,4,7,12-16H2,1H3,(H2,24,28)(H,25,27). The Hall–Kier alpha value is -2.31. The number of hydrogen-bond donors (Lipinski definition) is 2. The first-order valence-electron chi connectivity index (χ1n) is 10.1. The maximum absolute atomic E-state index is 12.2. The molecule has 0 bridgehead atoms. The maximum atomic E-state index is 12.2. The van der Waals surface area contributed by atoms with Gasteiger partial charge in [-0.15, -0.1) is 11.8 Å². The van der Waals surface area contributed by atoms with Crippen LogP contribution in [-0.4, -0.2) is 42.6 Å². The molecule has 0 radical (unpaired) electrons. The number of amides is 2. The van der Waals surface area contributed by atoms with Crippen LogP contribution >= 0.6 is 11.8 Å². The summed E-state index contributed by atoms with van der Waals surface area (Å²) < 4.78 is 0. The zero-order valence-electron chi connectivity index (χ0n) is 16.9. The Kier molecular flexibility index (Phi) is 7.72. The lowest BCUT2D eigenvalue weighted by atomic mass is 9.89. The zero-order valence-corrected chi connectivity index (χ0v) is 17.7. The van der Waals surface area contributed by atoms with Crippen LogP contribution in [0.5, 0.6) is 0 Å². The van der Waals surface area contributed by atoms with Crippen LogP contribution < -0.4 is 11.1 Å². The number of rotatable bonds is 8. The molecule has 0 spiro atoms. The van der Waals surface area contributed by atoms with E-state index in [9.17, 15) is 9.59 Å². The van der Waals surface area contributed by atoms with E-state index in [2.05, 4.69) is 40.7 Å². The van der Waals surface area contributed by atoms with E-state index in [0.29, 0.717) is 23.6 Å². The number of thioether (sulfide) groups is 1. The Bertz CT molecular complexity index is 830. The van der Waals surface area contributed by atoms with Crippen LogP contribution in [0.4, 0.5) is 5.69 Å². The van der Waals surface area contributed by atoms with Gasteiger partial charge in [-0.25, -0.2) is 0 Å². The van der Waals surface area contributed by atoms with Gasteiger partial charge in [0, 0.05) is 11.3 Å². The van der Waals surface area contributed by atoms with E-state index in [1.807, 2.05) is 0 Å². The number of hydrogen-bond acceptors (Lipinski definition) is 4. The number of anilines is 1. The smallest absolute Gasteiger partial charge is 0.250 e. The van der Waals surface area contributed by atoms with Gasteiger partial charge >= 0.3 is 0 Å². The third-order valence-electron chi connectivity index (χ3n) is 5.52. The molecule has 5 nitrogen and oxygen atoms in total. The monoisotopic (exact) mass is 411 g/mol. The van der Waals surface area contributed by atoms with Crippen molar-refractivity contribution < 1.29 is 9.59 Å². The fourth-order valence-electron chi connectivity index (χ4n) is 3.85. The van der Waals surface area contributed by atoms with E-state index >= 15 is 0 Å². The second-order valence-corrected chi connectivity index (χ2v) is 8.33. The van der Waals surface area contributed by atoms with E-state index < -0.39 is 5.91 Å². The van der Waals surface area contributed by atoms with Crippen LogP contribution in [0.3, 0.4) is 0 Å². The molecule has 0 aliphatic carbocycles. The number of piperidine rings is 1. The lowest BCUT2D eigenvalue weighted by Gasteiger charge is -2.32. The number of para-hydroxylation sites is 1. The normalized spacial score (nSPS) is 15.2. The summed E-state index contributed by atoms with van der Waals surface area (Å²) in [7, 11) is 0. The van der Waals surface area contributed by atoms with Gasteiger partial charge in [0.15, 0.2) is 0 Å². The zero-order chi connectivity index (χ0) is 20.6. The second-order valence-electron chi connectivity index (χ2n) is 7.45. The molecule has 1 heterocycles. The van der Waals surface area contributed by atoms with Gasteiger partial charge in [0.1, 0.15) is 0 Å². The molecule has 2 amide bonds. The van der Waals surface area contributed by atoms with E-state index in [1.165, 1.54) is 10.5 Å². The average Bonchev–Trinajstić information content (AvgIpc) is 2.74. The van der Waals surface area contributed by atoms with Gasteiger partial charge in [-0.1, -0.05) is 24.3 Å². The molecular weight excluding hydrogens is 382 g/mol. The third kappa shape index (κ3) is 6.08. The molecule has 0 unspecified atom stereocenters. The molecule has 3 rings (SSSR count). The van der Waals surface area contributed by atoms with Gasteiger partial charge in [0.25, 0.3) is 5.91 Å².